The Labute approximate surface area is 154 Å². The van der Waals surface area contributed by atoms with E-state index in [1.807, 2.05) is 13.8 Å². The fourth-order valence-corrected chi connectivity index (χ4v) is 3.33. The van der Waals surface area contributed by atoms with E-state index in [1.165, 1.54) is 6.20 Å². The van der Waals surface area contributed by atoms with E-state index < -0.39 is 5.82 Å². The number of carbonyl (C=O) groups excluding carboxylic acids is 1. The van der Waals surface area contributed by atoms with Gasteiger partial charge in [0.25, 0.3) is 5.91 Å². The predicted octanol–water partition coefficient (Wildman–Crippen LogP) is 4.10. The van der Waals surface area contributed by atoms with E-state index in [9.17, 15) is 9.18 Å². The molecule has 1 aliphatic rings. The van der Waals surface area contributed by atoms with Crippen molar-refractivity contribution in [2.24, 2.45) is 0 Å². The quantitative estimate of drug-likeness (QED) is 0.738. The third-order valence-corrected chi connectivity index (χ3v) is 5.01. The van der Waals surface area contributed by atoms with Crippen LogP contribution in [0, 0.1) is 5.82 Å². The monoisotopic (exact) mass is 370 g/mol. The Morgan fingerprint density at radius 3 is 2.62 bits per heavy atom. The van der Waals surface area contributed by atoms with Crippen LogP contribution in [-0.2, 0) is 0 Å². The van der Waals surface area contributed by atoms with Crippen LogP contribution < -0.4 is 5.32 Å². The van der Waals surface area contributed by atoms with Crippen molar-refractivity contribution in [3.63, 3.8) is 0 Å². The smallest absolute Gasteiger partial charge is 0.270 e. The second-order valence-corrected chi connectivity index (χ2v) is 6.82. The fourth-order valence-electron chi connectivity index (χ4n) is 3.20. The maximum absolute atomic E-state index is 14.4. The molecule has 3 heterocycles. The van der Waals surface area contributed by atoms with Gasteiger partial charge in [-0.2, -0.15) is 5.10 Å². The van der Waals surface area contributed by atoms with Crippen molar-refractivity contribution in [1.29, 1.82) is 0 Å². The van der Waals surface area contributed by atoms with Crippen LogP contribution in [0.4, 0.5) is 4.39 Å². The van der Waals surface area contributed by atoms with Gasteiger partial charge in [-0.05, 0) is 37.6 Å². The molecular formula is C19H16ClFN4O. The van der Waals surface area contributed by atoms with E-state index in [4.69, 9.17) is 11.6 Å². The summed E-state index contributed by atoms with van der Waals surface area (Å²) < 4.78 is 16.1. The Hall–Kier alpha value is -2.73. The van der Waals surface area contributed by atoms with E-state index in [0.29, 0.717) is 27.5 Å². The third-order valence-electron chi connectivity index (χ3n) is 4.75. The van der Waals surface area contributed by atoms with E-state index in [2.05, 4.69) is 15.4 Å². The molecule has 1 amide bonds. The van der Waals surface area contributed by atoms with E-state index in [-0.39, 0.29) is 18.0 Å². The number of amides is 1. The molecule has 2 atom stereocenters. The van der Waals surface area contributed by atoms with E-state index in [0.717, 1.165) is 11.8 Å². The number of halogens is 2. The average Bonchev–Trinajstić information content (AvgIpc) is 3.02. The molecule has 3 aromatic rings. The van der Waals surface area contributed by atoms with Crippen LogP contribution in [0.3, 0.4) is 0 Å². The van der Waals surface area contributed by atoms with Crippen molar-refractivity contribution in [1.82, 2.24) is 20.1 Å². The van der Waals surface area contributed by atoms with Gasteiger partial charge in [0.2, 0.25) is 0 Å². The summed E-state index contributed by atoms with van der Waals surface area (Å²) in [6, 6.07) is 8.50. The summed E-state index contributed by atoms with van der Waals surface area (Å²) in [5.41, 5.74) is 2.48. The Bertz CT molecular complexity index is 999. The lowest BCUT2D eigenvalue weighted by Gasteiger charge is -2.28. The molecular weight excluding hydrogens is 355 g/mol. The van der Waals surface area contributed by atoms with Crippen molar-refractivity contribution < 1.29 is 9.18 Å². The van der Waals surface area contributed by atoms with Gasteiger partial charge in [-0.25, -0.2) is 4.39 Å². The topological polar surface area (TPSA) is 59.8 Å². The summed E-state index contributed by atoms with van der Waals surface area (Å²) in [5, 5.41) is 8.15. The molecule has 0 saturated heterocycles. The second-order valence-electron chi connectivity index (χ2n) is 6.38. The number of nitrogens with zero attached hydrogens (tertiary/aromatic N) is 3. The molecule has 0 aliphatic carbocycles. The molecule has 0 radical (unpaired) electrons. The van der Waals surface area contributed by atoms with Gasteiger partial charge < -0.3 is 5.32 Å². The molecule has 5 nitrogen and oxygen atoms in total. The van der Waals surface area contributed by atoms with Crippen molar-refractivity contribution in [3.05, 3.63) is 59.3 Å². The largest absolute Gasteiger partial charge is 0.346 e. The lowest BCUT2D eigenvalue weighted by atomic mass is 9.97. The first kappa shape index (κ1) is 16.7. The SMILES string of the molecule is CC1NC(=O)c2c(-c3ccc(Cl)cc3)c(-c3ccncc3F)nn2C1C. The first-order chi connectivity index (χ1) is 12.5. The molecule has 0 bridgehead atoms. The molecule has 1 aliphatic heterocycles. The van der Waals surface area contributed by atoms with Gasteiger partial charge in [0.1, 0.15) is 11.4 Å². The molecule has 2 unspecified atom stereocenters. The molecule has 4 rings (SSSR count). The molecule has 1 N–H and O–H groups in total. The highest BCUT2D eigenvalue weighted by Crippen LogP contribution is 2.38. The van der Waals surface area contributed by atoms with Crippen molar-refractivity contribution in [2.45, 2.75) is 25.9 Å². The number of nitrogens with one attached hydrogen (secondary N) is 1. The highest BCUT2D eigenvalue weighted by Gasteiger charge is 2.34. The molecule has 7 heteroatoms. The van der Waals surface area contributed by atoms with Crippen LogP contribution in [0.15, 0.2) is 42.7 Å². The Balaban J connectivity index is 2.04. The average molecular weight is 371 g/mol. The minimum Gasteiger partial charge on any atom is -0.346 e. The summed E-state index contributed by atoms with van der Waals surface area (Å²) in [4.78, 5) is 16.5. The van der Waals surface area contributed by atoms with Gasteiger partial charge in [-0.1, -0.05) is 23.7 Å². The van der Waals surface area contributed by atoms with Crippen molar-refractivity contribution in [3.8, 4) is 22.4 Å². The number of fused-ring (bicyclic) bond motifs is 1. The maximum atomic E-state index is 14.4. The normalized spacial score (nSPS) is 19.2. The van der Waals surface area contributed by atoms with Gasteiger partial charge in [0, 0.05) is 28.4 Å². The zero-order chi connectivity index (χ0) is 18.4. The van der Waals surface area contributed by atoms with E-state index in [1.54, 1.807) is 35.0 Å². The molecule has 0 fully saturated rings. The number of rotatable bonds is 2. The second kappa shape index (κ2) is 6.21. The molecule has 0 spiro atoms. The molecule has 0 saturated carbocycles. The Kier molecular flexibility index (Phi) is 4.00. The zero-order valence-corrected chi connectivity index (χ0v) is 15.0. The molecule has 132 valence electrons. The summed E-state index contributed by atoms with van der Waals surface area (Å²) in [5.74, 6) is -0.715. The minimum absolute atomic E-state index is 0.0626. The fraction of sp³-hybridized carbons (Fsp3) is 0.211. The predicted molar refractivity (Wildman–Crippen MR) is 97.5 cm³/mol. The maximum Gasteiger partial charge on any atom is 0.270 e. The van der Waals surface area contributed by atoms with Gasteiger partial charge >= 0.3 is 0 Å². The zero-order valence-electron chi connectivity index (χ0n) is 14.2. The number of pyridine rings is 1. The highest BCUT2D eigenvalue weighted by molar-refractivity contribution is 6.30. The van der Waals surface area contributed by atoms with Crippen LogP contribution in [-0.4, -0.2) is 26.7 Å². The number of aromatic nitrogens is 3. The Morgan fingerprint density at radius 2 is 1.92 bits per heavy atom. The van der Waals surface area contributed by atoms with E-state index >= 15 is 0 Å². The summed E-state index contributed by atoms with van der Waals surface area (Å²) in [6.45, 7) is 3.89. The molecule has 1 aromatic carbocycles. The summed E-state index contributed by atoms with van der Waals surface area (Å²) in [7, 11) is 0. The van der Waals surface area contributed by atoms with Crippen LogP contribution in [0.1, 0.15) is 30.4 Å². The summed E-state index contributed by atoms with van der Waals surface area (Å²) >= 11 is 6.00. The number of hydrogen-bond acceptors (Lipinski definition) is 3. The van der Waals surface area contributed by atoms with Crippen molar-refractivity contribution >= 4 is 17.5 Å². The van der Waals surface area contributed by atoms with Crippen LogP contribution >= 0.6 is 11.6 Å². The highest BCUT2D eigenvalue weighted by atomic mass is 35.5. The molecule has 2 aromatic heterocycles. The van der Waals surface area contributed by atoms with Gasteiger partial charge in [0.15, 0.2) is 5.82 Å². The number of carbonyl (C=O) groups is 1. The standard InChI is InChI=1S/C19H16ClFN4O/c1-10-11(2)25-18(19(26)23-10)16(12-3-5-13(20)6-4-12)17(24-25)14-7-8-22-9-15(14)21/h3-11H,1-2H3,(H,23,26). The first-order valence-corrected chi connectivity index (χ1v) is 8.64. The third kappa shape index (κ3) is 2.57. The van der Waals surface area contributed by atoms with Gasteiger partial charge in [0.05, 0.1) is 12.2 Å². The lowest BCUT2D eigenvalue weighted by Crippen LogP contribution is -2.45. The van der Waals surface area contributed by atoms with Gasteiger partial charge in [-0.3, -0.25) is 14.5 Å². The Morgan fingerprint density at radius 1 is 1.19 bits per heavy atom. The first-order valence-electron chi connectivity index (χ1n) is 8.26. The van der Waals surface area contributed by atoms with Crippen LogP contribution in [0.2, 0.25) is 5.02 Å². The number of benzene rings is 1. The lowest BCUT2D eigenvalue weighted by molar-refractivity contribution is 0.0883. The molecule has 26 heavy (non-hydrogen) atoms. The van der Waals surface area contributed by atoms with Crippen molar-refractivity contribution in [2.75, 3.05) is 0 Å². The van der Waals surface area contributed by atoms with Crippen LogP contribution in [0.5, 0.6) is 0 Å². The van der Waals surface area contributed by atoms with Gasteiger partial charge in [-0.15, -0.1) is 0 Å². The number of hydrogen-bond donors (Lipinski definition) is 1. The van der Waals surface area contributed by atoms with Crippen LogP contribution in [0.25, 0.3) is 22.4 Å². The minimum atomic E-state index is -0.487. The summed E-state index contributed by atoms with van der Waals surface area (Å²) in [6.07, 6.45) is 2.65.